The average Bonchev–Trinajstić information content (AvgIpc) is 3.45. The van der Waals surface area contributed by atoms with Crippen LogP contribution in [0, 0.1) is 13.8 Å². The Balaban J connectivity index is 1.78. The van der Waals surface area contributed by atoms with Crippen molar-refractivity contribution in [3.8, 4) is 28.0 Å². The highest BCUT2D eigenvalue weighted by Gasteiger charge is 2.20. The first-order chi connectivity index (χ1) is 17.4. The molecule has 0 radical (unpaired) electrons. The molecule has 0 aliphatic rings. The molecule has 1 aromatic carbocycles. The van der Waals surface area contributed by atoms with Gasteiger partial charge in [-0.05, 0) is 43.5 Å². The number of aryl methyl sites for hydroxylation is 2. The molecule has 182 valence electrons. The van der Waals surface area contributed by atoms with Gasteiger partial charge in [0.1, 0.15) is 18.1 Å². The SMILES string of the molecule is COc1cc2c(cc1-c1c(C)noc1C)cc(-c1cnn(CC(=O)O)c1)c(=O)n2Cc1ccccn1. The van der Waals surface area contributed by atoms with Gasteiger partial charge >= 0.3 is 5.97 Å². The van der Waals surface area contributed by atoms with Crippen molar-refractivity contribution in [2.75, 3.05) is 7.11 Å². The van der Waals surface area contributed by atoms with Crippen molar-refractivity contribution in [3.05, 3.63) is 82.5 Å². The van der Waals surface area contributed by atoms with Gasteiger partial charge in [-0.25, -0.2) is 0 Å². The van der Waals surface area contributed by atoms with E-state index in [2.05, 4.69) is 15.2 Å². The highest BCUT2D eigenvalue weighted by atomic mass is 16.5. The Morgan fingerprint density at radius 2 is 1.97 bits per heavy atom. The van der Waals surface area contributed by atoms with Crippen molar-refractivity contribution in [3.63, 3.8) is 0 Å². The molecular formula is C26H23N5O5. The zero-order valence-electron chi connectivity index (χ0n) is 19.9. The molecule has 5 rings (SSSR count). The van der Waals surface area contributed by atoms with E-state index in [1.807, 2.05) is 44.2 Å². The number of ether oxygens (including phenoxy) is 1. The summed E-state index contributed by atoms with van der Waals surface area (Å²) in [5.74, 6) is 0.210. The van der Waals surface area contributed by atoms with Gasteiger partial charge in [0.2, 0.25) is 0 Å². The van der Waals surface area contributed by atoms with Crippen LogP contribution in [0.3, 0.4) is 0 Å². The van der Waals surface area contributed by atoms with Crippen LogP contribution < -0.4 is 10.3 Å². The number of methoxy groups -OCH3 is 1. The lowest BCUT2D eigenvalue weighted by Crippen LogP contribution is -2.23. The van der Waals surface area contributed by atoms with E-state index in [0.29, 0.717) is 33.8 Å². The Kier molecular flexibility index (Phi) is 5.85. The maximum absolute atomic E-state index is 13.8. The van der Waals surface area contributed by atoms with Crippen LogP contribution >= 0.6 is 0 Å². The second-order valence-corrected chi connectivity index (χ2v) is 8.40. The van der Waals surface area contributed by atoms with E-state index in [0.717, 1.165) is 22.2 Å². The summed E-state index contributed by atoms with van der Waals surface area (Å²) in [5.41, 5.74) is 4.38. The summed E-state index contributed by atoms with van der Waals surface area (Å²) in [7, 11) is 1.58. The van der Waals surface area contributed by atoms with Crippen LogP contribution in [0.5, 0.6) is 5.75 Å². The normalized spacial score (nSPS) is 11.2. The number of aliphatic carboxylic acids is 1. The second kappa shape index (κ2) is 9.14. The molecule has 5 aromatic rings. The molecule has 10 heteroatoms. The van der Waals surface area contributed by atoms with Gasteiger partial charge in [0.05, 0.1) is 47.9 Å². The quantitative estimate of drug-likeness (QED) is 0.370. The van der Waals surface area contributed by atoms with Gasteiger partial charge in [-0.3, -0.25) is 19.3 Å². The molecule has 0 spiro atoms. The van der Waals surface area contributed by atoms with E-state index in [-0.39, 0.29) is 18.6 Å². The van der Waals surface area contributed by atoms with Crippen LogP contribution in [-0.4, -0.2) is 42.7 Å². The van der Waals surface area contributed by atoms with Crippen LogP contribution in [0.25, 0.3) is 33.2 Å². The number of aromatic nitrogens is 5. The number of hydrogen-bond donors (Lipinski definition) is 1. The smallest absolute Gasteiger partial charge is 0.325 e. The van der Waals surface area contributed by atoms with Crippen molar-refractivity contribution in [1.29, 1.82) is 0 Å². The monoisotopic (exact) mass is 485 g/mol. The largest absolute Gasteiger partial charge is 0.496 e. The molecule has 10 nitrogen and oxygen atoms in total. The molecule has 1 N–H and O–H groups in total. The van der Waals surface area contributed by atoms with E-state index in [1.165, 1.54) is 10.9 Å². The molecule has 0 atom stereocenters. The summed E-state index contributed by atoms with van der Waals surface area (Å²) in [6, 6.07) is 11.1. The van der Waals surface area contributed by atoms with E-state index < -0.39 is 5.97 Å². The van der Waals surface area contributed by atoms with Crippen molar-refractivity contribution >= 4 is 16.9 Å². The maximum Gasteiger partial charge on any atom is 0.325 e. The lowest BCUT2D eigenvalue weighted by Gasteiger charge is -2.16. The van der Waals surface area contributed by atoms with Gasteiger partial charge in [0.15, 0.2) is 0 Å². The van der Waals surface area contributed by atoms with Crippen LogP contribution in [0.1, 0.15) is 17.1 Å². The molecule has 0 bridgehead atoms. The third kappa shape index (κ3) is 4.13. The van der Waals surface area contributed by atoms with E-state index in [9.17, 15) is 9.59 Å². The minimum atomic E-state index is -1.02. The van der Waals surface area contributed by atoms with Crippen molar-refractivity contribution < 1.29 is 19.2 Å². The van der Waals surface area contributed by atoms with E-state index in [1.54, 1.807) is 30.1 Å². The number of nitrogens with zero attached hydrogens (tertiary/aromatic N) is 5. The molecule has 0 saturated heterocycles. The number of hydrogen-bond acceptors (Lipinski definition) is 7. The minimum Gasteiger partial charge on any atom is -0.496 e. The zero-order chi connectivity index (χ0) is 25.4. The van der Waals surface area contributed by atoms with Crippen LogP contribution in [0.4, 0.5) is 0 Å². The standard InChI is InChI=1S/C26H23N5O5/c1-15-25(16(2)36-29-15)21-9-17-8-20(18-11-28-30(12-18)14-24(32)33)26(34)31(22(17)10-23(21)35-3)13-19-6-4-5-7-27-19/h4-12H,13-14H2,1-3H3,(H,32,33). The number of fused-ring (bicyclic) bond motifs is 1. The third-order valence-corrected chi connectivity index (χ3v) is 6.01. The molecule has 0 fully saturated rings. The van der Waals surface area contributed by atoms with Crippen molar-refractivity contribution in [2.45, 2.75) is 26.9 Å². The van der Waals surface area contributed by atoms with Crippen LogP contribution in [0.15, 0.2) is 64.3 Å². The number of benzene rings is 1. The lowest BCUT2D eigenvalue weighted by atomic mass is 9.99. The number of rotatable bonds is 7. The number of carboxylic acids is 1. The van der Waals surface area contributed by atoms with Gasteiger partial charge in [-0.1, -0.05) is 11.2 Å². The summed E-state index contributed by atoms with van der Waals surface area (Å²) >= 11 is 0. The zero-order valence-corrected chi connectivity index (χ0v) is 19.9. The Bertz CT molecular complexity index is 1630. The summed E-state index contributed by atoms with van der Waals surface area (Å²) in [5, 5.41) is 18.1. The molecular weight excluding hydrogens is 462 g/mol. The number of pyridine rings is 2. The Labute approximate surface area is 205 Å². The van der Waals surface area contributed by atoms with Gasteiger partial charge in [0, 0.05) is 29.6 Å². The summed E-state index contributed by atoms with van der Waals surface area (Å²) in [6.45, 7) is 3.63. The van der Waals surface area contributed by atoms with Gasteiger partial charge < -0.3 is 18.9 Å². The Morgan fingerprint density at radius 1 is 1.17 bits per heavy atom. The highest BCUT2D eigenvalue weighted by Crippen LogP contribution is 2.38. The first-order valence-electron chi connectivity index (χ1n) is 11.2. The molecule has 4 aromatic heterocycles. The van der Waals surface area contributed by atoms with E-state index in [4.69, 9.17) is 14.4 Å². The fourth-order valence-electron chi connectivity index (χ4n) is 4.38. The summed E-state index contributed by atoms with van der Waals surface area (Å²) < 4.78 is 14.0. The van der Waals surface area contributed by atoms with Crippen LogP contribution in [0.2, 0.25) is 0 Å². The molecule has 0 unspecified atom stereocenters. The van der Waals surface area contributed by atoms with Crippen LogP contribution in [-0.2, 0) is 17.9 Å². The van der Waals surface area contributed by atoms with Crippen molar-refractivity contribution in [2.24, 2.45) is 0 Å². The van der Waals surface area contributed by atoms with Gasteiger partial charge in [-0.2, -0.15) is 5.10 Å². The first kappa shape index (κ1) is 23.0. The Morgan fingerprint density at radius 3 is 2.64 bits per heavy atom. The fourth-order valence-corrected chi connectivity index (χ4v) is 4.38. The van der Waals surface area contributed by atoms with Gasteiger partial charge in [0.25, 0.3) is 5.56 Å². The molecule has 0 aliphatic heterocycles. The highest BCUT2D eigenvalue weighted by molar-refractivity contribution is 5.92. The predicted molar refractivity (Wildman–Crippen MR) is 132 cm³/mol. The molecule has 0 amide bonds. The number of carboxylic acid groups (broad SMARTS) is 1. The predicted octanol–water partition coefficient (Wildman–Crippen LogP) is 3.67. The van der Waals surface area contributed by atoms with Crippen molar-refractivity contribution in [1.82, 2.24) is 24.5 Å². The minimum absolute atomic E-state index is 0.237. The average molecular weight is 486 g/mol. The lowest BCUT2D eigenvalue weighted by molar-refractivity contribution is -0.137. The molecule has 36 heavy (non-hydrogen) atoms. The van der Waals surface area contributed by atoms with Gasteiger partial charge in [-0.15, -0.1) is 0 Å². The third-order valence-electron chi connectivity index (χ3n) is 6.01. The maximum atomic E-state index is 13.8. The summed E-state index contributed by atoms with van der Waals surface area (Å²) in [6.07, 6.45) is 4.73. The number of carbonyl (C=O) groups is 1. The second-order valence-electron chi connectivity index (χ2n) is 8.40. The van der Waals surface area contributed by atoms with E-state index >= 15 is 0 Å². The summed E-state index contributed by atoms with van der Waals surface area (Å²) in [4.78, 5) is 29.3. The topological polar surface area (TPSA) is 125 Å². The molecule has 0 saturated carbocycles. The molecule has 4 heterocycles. The first-order valence-corrected chi connectivity index (χ1v) is 11.2. The Hall–Kier alpha value is -4.73. The fraction of sp³-hybridized carbons (Fsp3) is 0.192. The molecule has 0 aliphatic carbocycles.